The minimum absolute atomic E-state index is 0.0530. The van der Waals surface area contributed by atoms with Gasteiger partial charge in [0.25, 0.3) is 5.91 Å². The zero-order chi connectivity index (χ0) is 12.4. The quantitative estimate of drug-likeness (QED) is 0.867. The van der Waals surface area contributed by atoms with Gasteiger partial charge in [-0.05, 0) is 31.0 Å². The molecular weight excluding hydrogens is 305 g/mol. The molecule has 1 aliphatic rings. The zero-order valence-electron chi connectivity index (χ0n) is 9.20. The Labute approximate surface area is 114 Å². The molecule has 17 heavy (non-hydrogen) atoms. The molecule has 1 aliphatic carbocycles. The molecule has 0 unspecified atom stereocenters. The highest BCUT2D eigenvalue weighted by Crippen LogP contribution is 2.30. The Morgan fingerprint density at radius 3 is 2.76 bits per heavy atom. The third-order valence-electron chi connectivity index (χ3n) is 2.76. The van der Waals surface area contributed by atoms with Crippen molar-refractivity contribution in [2.75, 3.05) is 11.9 Å². The minimum Gasteiger partial charge on any atom is -0.507 e. The van der Waals surface area contributed by atoms with E-state index in [1.54, 1.807) is 17.0 Å². The molecule has 0 bridgehead atoms. The summed E-state index contributed by atoms with van der Waals surface area (Å²) in [5.41, 5.74) is 0.322. The first-order valence-corrected chi connectivity index (χ1v) is 6.99. The van der Waals surface area contributed by atoms with Crippen molar-refractivity contribution in [1.82, 2.24) is 4.90 Å². The van der Waals surface area contributed by atoms with Gasteiger partial charge < -0.3 is 10.0 Å². The molecule has 1 aromatic carbocycles. The molecule has 1 fully saturated rings. The molecule has 0 aromatic heterocycles. The first kappa shape index (κ1) is 12.7. The Hall–Kier alpha value is -0.740. The second kappa shape index (κ2) is 5.27. The van der Waals surface area contributed by atoms with Gasteiger partial charge in [-0.25, -0.2) is 0 Å². The number of phenols is 1. The van der Waals surface area contributed by atoms with E-state index in [2.05, 4.69) is 15.9 Å². The van der Waals surface area contributed by atoms with E-state index in [0.29, 0.717) is 23.2 Å². The molecule has 0 radical (unpaired) electrons. The lowest BCUT2D eigenvalue weighted by Crippen LogP contribution is -2.34. The average molecular weight is 319 g/mol. The summed E-state index contributed by atoms with van der Waals surface area (Å²) in [4.78, 5) is 14.1. The van der Waals surface area contributed by atoms with Gasteiger partial charge in [0.15, 0.2) is 0 Å². The Morgan fingerprint density at radius 1 is 1.53 bits per heavy atom. The van der Waals surface area contributed by atoms with Crippen LogP contribution in [0.25, 0.3) is 0 Å². The lowest BCUT2D eigenvalue weighted by molar-refractivity contribution is 0.0751. The SMILES string of the molecule is O=C(c1ccc(Cl)cc1O)N(CCBr)C1CC1. The summed E-state index contributed by atoms with van der Waals surface area (Å²) in [6.07, 6.45) is 2.10. The summed E-state index contributed by atoms with van der Waals surface area (Å²) in [5.74, 6) is -0.177. The lowest BCUT2D eigenvalue weighted by Gasteiger charge is -2.21. The van der Waals surface area contributed by atoms with E-state index in [1.165, 1.54) is 6.07 Å². The van der Waals surface area contributed by atoms with Gasteiger partial charge in [-0.15, -0.1) is 0 Å². The van der Waals surface area contributed by atoms with Crippen LogP contribution < -0.4 is 0 Å². The molecule has 2 rings (SSSR count). The van der Waals surface area contributed by atoms with Gasteiger partial charge in [-0.2, -0.15) is 0 Å². The molecule has 1 aromatic rings. The Bertz CT molecular complexity index is 435. The summed E-state index contributed by atoms with van der Waals surface area (Å²) in [6, 6.07) is 4.92. The Kier molecular flexibility index (Phi) is 3.94. The van der Waals surface area contributed by atoms with Crippen LogP contribution in [0.3, 0.4) is 0 Å². The van der Waals surface area contributed by atoms with Crippen molar-refractivity contribution in [3.05, 3.63) is 28.8 Å². The second-order valence-electron chi connectivity index (χ2n) is 4.08. The number of nitrogens with zero attached hydrogens (tertiary/aromatic N) is 1. The van der Waals surface area contributed by atoms with Crippen molar-refractivity contribution < 1.29 is 9.90 Å². The normalized spacial score (nSPS) is 14.7. The van der Waals surface area contributed by atoms with Gasteiger partial charge in [-0.1, -0.05) is 27.5 Å². The van der Waals surface area contributed by atoms with E-state index in [-0.39, 0.29) is 11.7 Å². The molecule has 1 saturated carbocycles. The fourth-order valence-corrected chi connectivity index (χ4v) is 2.32. The summed E-state index contributed by atoms with van der Waals surface area (Å²) in [5, 5.41) is 10.9. The van der Waals surface area contributed by atoms with Crippen molar-refractivity contribution in [2.24, 2.45) is 0 Å². The number of carbonyl (C=O) groups is 1. The number of phenolic OH excluding ortho intramolecular Hbond substituents is 1. The van der Waals surface area contributed by atoms with E-state index >= 15 is 0 Å². The molecular formula is C12H13BrClNO2. The second-order valence-corrected chi connectivity index (χ2v) is 5.31. The standard InChI is InChI=1S/C12H13BrClNO2/c13-5-6-15(9-2-3-9)12(17)10-4-1-8(14)7-11(10)16/h1,4,7,9,16H,2-3,5-6H2. The van der Waals surface area contributed by atoms with Gasteiger partial charge in [0, 0.05) is 22.9 Å². The molecule has 0 heterocycles. The van der Waals surface area contributed by atoms with Crippen LogP contribution in [0.4, 0.5) is 0 Å². The topological polar surface area (TPSA) is 40.5 Å². The lowest BCUT2D eigenvalue weighted by atomic mass is 10.1. The number of benzene rings is 1. The van der Waals surface area contributed by atoms with Gasteiger partial charge in [0.2, 0.25) is 0 Å². The van der Waals surface area contributed by atoms with E-state index < -0.39 is 0 Å². The highest BCUT2D eigenvalue weighted by Gasteiger charge is 2.33. The van der Waals surface area contributed by atoms with Gasteiger partial charge in [-0.3, -0.25) is 4.79 Å². The number of alkyl halides is 1. The molecule has 5 heteroatoms. The predicted octanol–water partition coefficient (Wildman–Crippen LogP) is 3.05. The highest BCUT2D eigenvalue weighted by molar-refractivity contribution is 9.09. The average Bonchev–Trinajstić information content (AvgIpc) is 3.09. The van der Waals surface area contributed by atoms with Crippen molar-refractivity contribution in [3.63, 3.8) is 0 Å². The molecule has 3 nitrogen and oxygen atoms in total. The molecule has 0 saturated heterocycles. The van der Waals surface area contributed by atoms with Crippen molar-refractivity contribution in [3.8, 4) is 5.75 Å². The highest BCUT2D eigenvalue weighted by atomic mass is 79.9. The molecule has 1 amide bonds. The summed E-state index contributed by atoms with van der Waals surface area (Å²) < 4.78 is 0. The maximum atomic E-state index is 12.3. The number of amides is 1. The number of hydrogen-bond acceptors (Lipinski definition) is 2. The van der Waals surface area contributed by atoms with Crippen LogP contribution >= 0.6 is 27.5 Å². The van der Waals surface area contributed by atoms with Crippen LogP contribution in [0.2, 0.25) is 5.02 Å². The van der Waals surface area contributed by atoms with E-state index in [1.807, 2.05) is 0 Å². The number of halogens is 2. The number of hydrogen-bond donors (Lipinski definition) is 1. The Balaban J connectivity index is 2.22. The molecule has 92 valence electrons. The largest absolute Gasteiger partial charge is 0.507 e. The summed E-state index contributed by atoms with van der Waals surface area (Å²) in [7, 11) is 0. The monoisotopic (exact) mass is 317 g/mol. The fourth-order valence-electron chi connectivity index (χ4n) is 1.77. The van der Waals surface area contributed by atoms with Gasteiger partial charge >= 0.3 is 0 Å². The summed E-state index contributed by atoms with van der Waals surface area (Å²) in [6.45, 7) is 0.658. The molecule has 0 atom stereocenters. The minimum atomic E-state index is -0.124. The van der Waals surface area contributed by atoms with Crippen LogP contribution in [0, 0.1) is 0 Å². The van der Waals surface area contributed by atoms with E-state index in [0.717, 1.165) is 18.2 Å². The predicted molar refractivity (Wildman–Crippen MR) is 71.0 cm³/mol. The van der Waals surface area contributed by atoms with Crippen molar-refractivity contribution in [2.45, 2.75) is 18.9 Å². The van der Waals surface area contributed by atoms with Crippen LogP contribution in [0.1, 0.15) is 23.2 Å². The van der Waals surface area contributed by atoms with Crippen LogP contribution in [0.15, 0.2) is 18.2 Å². The first-order valence-electron chi connectivity index (χ1n) is 5.49. The van der Waals surface area contributed by atoms with Crippen LogP contribution in [0.5, 0.6) is 5.75 Å². The van der Waals surface area contributed by atoms with E-state index in [9.17, 15) is 9.90 Å². The maximum Gasteiger partial charge on any atom is 0.257 e. The number of aromatic hydroxyl groups is 1. The Morgan fingerprint density at radius 2 is 2.24 bits per heavy atom. The smallest absolute Gasteiger partial charge is 0.257 e. The van der Waals surface area contributed by atoms with Crippen LogP contribution in [-0.4, -0.2) is 33.8 Å². The van der Waals surface area contributed by atoms with E-state index in [4.69, 9.17) is 11.6 Å². The molecule has 0 spiro atoms. The maximum absolute atomic E-state index is 12.3. The summed E-state index contributed by atoms with van der Waals surface area (Å²) >= 11 is 9.08. The van der Waals surface area contributed by atoms with Gasteiger partial charge in [0.05, 0.1) is 5.56 Å². The van der Waals surface area contributed by atoms with Gasteiger partial charge in [0.1, 0.15) is 5.75 Å². The third-order valence-corrected chi connectivity index (χ3v) is 3.35. The fraction of sp³-hybridized carbons (Fsp3) is 0.417. The molecule has 0 aliphatic heterocycles. The van der Waals surface area contributed by atoms with Crippen molar-refractivity contribution in [1.29, 1.82) is 0 Å². The third kappa shape index (κ3) is 2.93. The number of carbonyl (C=O) groups excluding carboxylic acids is 1. The zero-order valence-corrected chi connectivity index (χ0v) is 11.5. The van der Waals surface area contributed by atoms with Crippen LogP contribution in [-0.2, 0) is 0 Å². The number of rotatable bonds is 4. The first-order chi connectivity index (χ1) is 8.13. The van der Waals surface area contributed by atoms with Crippen molar-refractivity contribution >= 4 is 33.4 Å². The molecule has 1 N–H and O–H groups in total.